The Kier molecular flexibility index (Phi) is 3.14. The molecule has 0 unspecified atom stereocenters. The first-order valence-electron chi connectivity index (χ1n) is 6.80. The van der Waals surface area contributed by atoms with Gasteiger partial charge in [-0.2, -0.15) is 0 Å². The number of nitrogen functional groups attached to an aromatic ring is 1. The standard InChI is InChI=1S/C16H18N4/c1-11(2)20-15-6-7-18-10-14(15)19-16(20)9-12-4-3-5-13(17)8-12/h3-8,10-11H,9,17H2,1-2H3. The maximum absolute atomic E-state index is 5.85. The summed E-state index contributed by atoms with van der Waals surface area (Å²) in [4.78, 5) is 8.87. The molecule has 0 radical (unpaired) electrons. The molecule has 2 heterocycles. The molecule has 3 rings (SSSR count). The number of imidazole rings is 1. The van der Waals surface area contributed by atoms with E-state index < -0.39 is 0 Å². The van der Waals surface area contributed by atoms with Crippen molar-refractivity contribution in [2.45, 2.75) is 26.3 Å². The number of benzene rings is 1. The van der Waals surface area contributed by atoms with Gasteiger partial charge in [0.15, 0.2) is 0 Å². The molecule has 2 aromatic heterocycles. The topological polar surface area (TPSA) is 56.7 Å². The fraction of sp³-hybridized carbons (Fsp3) is 0.250. The number of aromatic nitrogens is 3. The first kappa shape index (κ1) is 12.7. The summed E-state index contributed by atoms with van der Waals surface area (Å²) in [7, 11) is 0. The summed E-state index contributed by atoms with van der Waals surface area (Å²) in [5.41, 5.74) is 9.89. The van der Waals surface area contributed by atoms with Gasteiger partial charge in [0.25, 0.3) is 0 Å². The van der Waals surface area contributed by atoms with E-state index in [1.807, 2.05) is 36.7 Å². The highest BCUT2D eigenvalue weighted by Crippen LogP contribution is 2.22. The highest BCUT2D eigenvalue weighted by atomic mass is 15.1. The molecular weight excluding hydrogens is 248 g/mol. The summed E-state index contributed by atoms with van der Waals surface area (Å²) in [6.07, 6.45) is 4.40. The molecule has 4 heteroatoms. The van der Waals surface area contributed by atoms with Gasteiger partial charge in [0.05, 0.1) is 11.7 Å². The first-order chi connectivity index (χ1) is 9.65. The van der Waals surface area contributed by atoms with Crippen LogP contribution in [0.25, 0.3) is 11.0 Å². The Bertz CT molecular complexity index is 743. The lowest BCUT2D eigenvalue weighted by Crippen LogP contribution is -2.07. The summed E-state index contributed by atoms with van der Waals surface area (Å²) in [6, 6.07) is 10.3. The van der Waals surface area contributed by atoms with Crippen LogP contribution < -0.4 is 5.73 Å². The van der Waals surface area contributed by atoms with Crippen LogP contribution in [0.3, 0.4) is 0 Å². The van der Waals surface area contributed by atoms with E-state index in [-0.39, 0.29) is 0 Å². The second kappa shape index (κ2) is 4.96. The number of anilines is 1. The molecule has 0 aliphatic rings. The lowest BCUT2D eigenvalue weighted by atomic mass is 10.1. The van der Waals surface area contributed by atoms with Crippen LogP contribution >= 0.6 is 0 Å². The molecule has 0 fully saturated rings. The summed E-state index contributed by atoms with van der Waals surface area (Å²) in [5, 5.41) is 0. The average Bonchev–Trinajstić information content (AvgIpc) is 2.76. The van der Waals surface area contributed by atoms with Gasteiger partial charge in [0.2, 0.25) is 0 Å². The quantitative estimate of drug-likeness (QED) is 0.741. The summed E-state index contributed by atoms with van der Waals surface area (Å²) < 4.78 is 2.26. The fourth-order valence-corrected chi connectivity index (χ4v) is 2.59. The number of hydrogen-bond acceptors (Lipinski definition) is 3. The van der Waals surface area contributed by atoms with Crippen molar-refractivity contribution in [1.29, 1.82) is 0 Å². The molecular formula is C16H18N4. The van der Waals surface area contributed by atoms with Crippen molar-refractivity contribution in [3.8, 4) is 0 Å². The van der Waals surface area contributed by atoms with Gasteiger partial charge in [-0.05, 0) is 37.6 Å². The Morgan fingerprint density at radius 2 is 2.10 bits per heavy atom. The molecule has 0 atom stereocenters. The van der Waals surface area contributed by atoms with E-state index in [9.17, 15) is 0 Å². The Morgan fingerprint density at radius 1 is 1.25 bits per heavy atom. The van der Waals surface area contributed by atoms with Crippen molar-refractivity contribution in [1.82, 2.24) is 14.5 Å². The highest BCUT2D eigenvalue weighted by molar-refractivity contribution is 5.75. The summed E-state index contributed by atoms with van der Waals surface area (Å²) in [6.45, 7) is 4.34. The molecule has 0 amide bonds. The SMILES string of the molecule is CC(C)n1c(Cc2cccc(N)c2)nc2cnccc21. The maximum Gasteiger partial charge on any atom is 0.114 e. The lowest BCUT2D eigenvalue weighted by molar-refractivity contribution is 0.591. The van der Waals surface area contributed by atoms with Gasteiger partial charge in [0, 0.05) is 24.3 Å². The summed E-state index contributed by atoms with van der Waals surface area (Å²) >= 11 is 0. The van der Waals surface area contributed by atoms with Gasteiger partial charge < -0.3 is 10.3 Å². The number of nitrogens with zero attached hydrogens (tertiary/aromatic N) is 3. The van der Waals surface area contributed by atoms with Gasteiger partial charge in [0.1, 0.15) is 11.3 Å². The third kappa shape index (κ3) is 2.25. The van der Waals surface area contributed by atoms with Crippen LogP contribution in [0.4, 0.5) is 5.69 Å². The smallest absolute Gasteiger partial charge is 0.114 e. The highest BCUT2D eigenvalue weighted by Gasteiger charge is 2.13. The van der Waals surface area contributed by atoms with Crippen molar-refractivity contribution in [3.63, 3.8) is 0 Å². The third-order valence-corrected chi connectivity index (χ3v) is 3.39. The maximum atomic E-state index is 5.85. The minimum atomic E-state index is 0.360. The Hall–Kier alpha value is -2.36. The molecule has 0 aliphatic heterocycles. The van der Waals surface area contributed by atoms with Crippen molar-refractivity contribution >= 4 is 16.7 Å². The molecule has 0 spiro atoms. The number of pyridine rings is 1. The van der Waals surface area contributed by atoms with Crippen LogP contribution in [0.15, 0.2) is 42.7 Å². The van der Waals surface area contributed by atoms with Crippen molar-refractivity contribution < 1.29 is 0 Å². The first-order valence-corrected chi connectivity index (χ1v) is 6.80. The van der Waals surface area contributed by atoms with Crippen LogP contribution in [0.1, 0.15) is 31.3 Å². The Balaban J connectivity index is 2.09. The van der Waals surface area contributed by atoms with E-state index in [1.165, 1.54) is 5.56 Å². The molecule has 0 saturated heterocycles. The van der Waals surface area contributed by atoms with Crippen LogP contribution in [-0.4, -0.2) is 14.5 Å². The minimum Gasteiger partial charge on any atom is -0.399 e. The number of rotatable bonds is 3. The average molecular weight is 266 g/mol. The number of fused-ring (bicyclic) bond motifs is 1. The van der Waals surface area contributed by atoms with Crippen molar-refractivity contribution in [2.75, 3.05) is 5.73 Å². The molecule has 102 valence electrons. The van der Waals surface area contributed by atoms with E-state index >= 15 is 0 Å². The van der Waals surface area contributed by atoms with Gasteiger partial charge >= 0.3 is 0 Å². The molecule has 0 aliphatic carbocycles. The van der Waals surface area contributed by atoms with Crippen LogP contribution in [-0.2, 0) is 6.42 Å². The predicted octanol–water partition coefficient (Wildman–Crippen LogP) is 3.19. The van der Waals surface area contributed by atoms with Crippen LogP contribution in [0.2, 0.25) is 0 Å². The number of hydrogen-bond donors (Lipinski definition) is 1. The molecule has 20 heavy (non-hydrogen) atoms. The van der Waals surface area contributed by atoms with E-state index in [1.54, 1.807) is 0 Å². The van der Waals surface area contributed by atoms with Crippen molar-refractivity contribution in [2.24, 2.45) is 0 Å². The zero-order valence-electron chi connectivity index (χ0n) is 11.7. The van der Waals surface area contributed by atoms with E-state index in [0.29, 0.717) is 6.04 Å². The second-order valence-electron chi connectivity index (χ2n) is 5.28. The van der Waals surface area contributed by atoms with Gasteiger partial charge in [-0.15, -0.1) is 0 Å². The van der Waals surface area contributed by atoms with Crippen LogP contribution in [0, 0.1) is 0 Å². The zero-order chi connectivity index (χ0) is 14.1. The number of nitrogens with two attached hydrogens (primary N) is 1. The molecule has 4 nitrogen and oxygen atoms in total. The minimum absolute atomic E-state index is 0.360. The monoisotopic (exact) mass is 266 g/mol. The molecule has 0 bridgehead atoms. The van der Waals surface area contributed by atoms with Gasteiger partial charge in [-0.1, -0.05) is 12.1 Å². The molecule has 3 aromatic rings. The Labute approximate surface area is 118 Å². The zero-order valence-corrected chi connectivity index (χ0v) is 11.7. The second-order valence-corrected chi connectivity index (χ2v) is 5.28. The third-order valence-electron chi connectivity index (χ3n) is 3.39. The largest absolute Gasteiger partial charge is 0.399 e. The molecule has 1 aromatic carbocycles. The predicted molar refractivity (Wildman–Crippen MR) is 81.6 cm³/mol. The summed E-state index contributed by atoms with van der Waals surface area (Å²) in [5.74, 6) is 1.05. The van der Waals surface area contributed by atoms with E-state index in [4.69, 9.17) is 10.7 Å². The van der Waals surface area contributed by atoms with Gasteiger partial charge in [-0.25, -0.2) is 4.98 Å². The van der Waals surface area contributed by atoms with Crippen LogP contribution in [0.5, 0.6) is 0 Å². The van der Waals surface area contributed by atoms with Crippen molar-refractivity contribution in [3.05, 3.63) is 54.1 Å². The molecule has 0 saturated carbocycles. The molecule has 2 N–H and O–H groups in total. The Morgan fingerprint density at radius 3 is 2.85 bits per heavy atom. The van der Waals surface area contributed by atoms with E-state index in [0.717, 1.165) is 29.0 Å². The van der Waals surface area contributed by atoms with E-state index in [2.05, 4.69) is 29.5 Å². The van der Waals surface area contributed by atoms with Gasteiger partial charge in [-0.3, -0.25) is 4.98 Å². The fourth-order valence-electron chi connectivity index (χ4n) is 2.59. The normalized spacial score (nSPS) is 11.3. The lowest BCUT2D eigenvalue weighted by Gasteiger charge is -2.13.